The maximum atomic E-state index is 14.3. The third-order valence-electron chi connectivity index (χ3n) is 20.0. The molecule has 6 aliphatic heterocycles. The summed E-state index contributed by atoms with van der Waals surface area (Å²) in [6.45, 7) is 19.8. The number of aromatic nitrogens is 2. The first-order valence-corrected chi connectivity index (χ1v) is 32.4. The Kier molecular flexibility index (Phi) is 23.5. The van der Waals surface area contributed by atoms with Crippen LogP contribution in [0.15, 0.2) is 67.8 Å². The van der Waals surface area contributed by atoms with Crippen LogP contribution in [0.3, 0.4) is 0 Å². The van der Waals surface area contributed by atoms with Gasteiger partial charge in [-0.15, -0.1) is 0 Å². The van der Waals surface area contributed by atoms with Gasteiger partial charge in [-0.3, -0.25) is 48.0 Å². The van der Waals surface area contributed by atoms with Gasteiger partial charge in [0, 0.05) is 130 Å². The molecule has 7 heterocycles. The Balaban J connectivity index is 0.00000453. The Morgan fingerprint density at radius 2 is 1.49 bits per heavy atom. The number of aliphatic hydroxyl groups excluding tert-OH is 2. The zero-order valence-electron chi connectivity index (χ0n) is 53.2. The van der Waals surface area contributed by atoms with E-state index < -0.39 is 143 Å². The van der Waals surface area contributed by atoms with Gasteiger partial charge >= 0.3 is 24.6 Å². The van der Waals surface area contributed by atoms with Gasteiger partial charge < -0.3 is 86.3 Å². The third kappa shape index (κ3) is 14.9. The molecule has 2 aromatic rings. The normalized spacial score (nSPS) is 33.1. The van der Waals surface area contributed by atoms with E-state index in [0.29, 0.717) is 56.4 Å². The number of nitrogens with two attached hydrogens (primary N) is 4. The van der Waals surface area contributed by atoms with E-state index in [1.54, 1.807) is 26.8 Å². The number of primary amides is 4. The topological polar surface area (TPSA) is 493 Å². The van der Waals surface area contributed by atoms with E-state index in [1.807, 2.05) is 40.7 Å². The smallest absolute Gasteiger partial charge is 0.862 e. The summed E-state index contributed by atoms with van der Waals surface area (Å²) >= 11 is 12.5. The number of fused-ring (bicyclic) bond motifs is 7. The fraction of sp³-hybridized carbons (Fsp3) is 0.607. The Labute approximate surface area is 559 Å². The molecule has 28 nitrogen and oxygen atoms in total. The molecule has 2 fully saturated rings. The number of allylic oxidation sites excluding steroid dienone is 6. The van der Waals surface area contributed by atoms with Crippen LogP contribution < -0.4 is 48.3 Å². The fourth-order valence-electron chi connectivity index (χ4n) is 15.2. The Morgan fingerprint density at radius 3 is 2.08 bits per heavy atom. The number of rotatable bonds is 26. The summed E-state index contributed by atoms with van der Waals surface area (Å²) in [6.07, 6.45) is -5.12. The number of aliphatic imine (C=N–C) groups is 3. The minimum absolute atomic E-state index is 0. The Morgan fingerprint density at radius 1 is 0.892 bits per heavy atom. The Hall–Kier alpha value is -6.42. The second-order valence-corrected chi connectivity index (χ2v) is 28.6. The van der Waals surface area contributed by atoms with E-state index in [2.05, 4.69) is 15.6 Å². The number of halogens is 2. The summed E-state index contributed by atoms with van der Waals surface area (Å²) in [5.74, 6) is -7.96. The molecule has 16 N–H and O–H groups in total. The van der Waals surface area contributed by atoms with Crippen molar-refractivity contribution in [1.82, 2.24) is 15.6 Å². The first kappa shape index (κ1) is 75.6. The van der Waals surface area contributed by atoms with Crippen molar-refractivity contribution in [3.8, 4) is 0 Å². The van der Waals surface area contributed by atoms with Crippen molar-refractivity contribution in [2.45, 2.75) is 175 Å². The van der Waals surface area contributed by atoms with Crippen molar-refractivity contribution in [3.63, 3.8) is 0 Å². The summed E-state index contributed by atoms with van der Waals surface area (Å²) < 4.78 is 32.0. The second-order valence-electron chi connectivity index (χ2n) is 26.4. The average Bonchev–Trinajstić information content (AvgIpc) is 1.53. The number of nitrogens with one attached hydrogen (secondary N) is 5. The predicted molar refractivity (Wildman–Crippen MR) is 335 cm³/mol. The minimum atomic E-state index is -5.10. The number of phosphoric acid groups is 1. The van der Waals surface area contributed by atoms with Crippen molar-refractivity contribution in [2.24, 2.45) is 83.2 Å². The summed E-state index contributed by atoms with van der Waals surface area (Å²) in [4.78, 5) is 98.7. The van der Waals surface area contributed by atoms with Gasteiger partial charge in [-0.25, -0.2) is 9.55 Å². The molecule has 8 bridgehead atoms. The minimum Gasteiger partial charge on any atom is -0.862 e. The maximum Gasteiger partial charge on any atom is 2.00 e. The van der Waals surface area contributed by atoms with Crippen molar-refractivity contribution < 1.29 is 89.0 Å². The summed E-state index contributed by atoms with van der Waals surface area (Å²) in [5, 5.41) is 75.9. The standard InChI is InChI=1S/C60H84Cl2N13O14P.CN.Co/c1-27(88-90(85,86)89-51-39(25-76)87-55(50(51)84)75-26-70-37-19-34(61)35(62)20-38(37)75)24-69-47(83)16-17-57(6)33(18-44(66)80)54-60(9)59(8,23-46(68)82)32(12-15-43(65)79)49(74-60)29(3)53-58(7,22-45(67)81)30(10-13-41(63)77)36(71-53)21-40-56(4,5)31(11-14-42(64)78)48(72-40)28(2)52(57)73-54;1-2;/h19-21,26-27,30-33,39,50-51,54-55,76,84H,10-18,22-25H2,1-9H3,(H15,63,64,65,66,67,68,69,71,72,73,74,77,78,79,80,81,82,83,85,86);;/q;-1;+2/p-1. The molecule has 6 aliphatic rings. The van der Waals surface area contributed by atoms with E-state index in [-0.39, 0.29) is 104 Å². The molecule has 5 amide bonds. The van der Waals surface area contributed by atoms with Gasteiger partial charge in [-0.1, -0.05) is 57.8 Å². The van der Waals surface area contributed by atoms with Crippen LogP contribution in [0.1, 0.15) is 139 Å². The largest absolute Gasteiger partial charge is 2.00 e. The molecule has 93 heavy (non-hydrogen) atoms. The number of aromatic amines is 1. The number of hydrogen-bond acceptors (Lipinski definition) is 20. The number of nitrogens with zero attached hydrogens (tertiary/aromatic N) is 5. The van der Waals surface area contributed by atoms with Gasteiger partial charge in [-0.05, 0) is 95.2 Å². The number of phosphoric ester groups is 1. The van der Waals surface area contributed by atoms with E-state index in [4.69, 9.17) is 97.6 Å². The second kappa shape index (κ2) is 28.9. The molecule has 509 valence electrons. The number of benzene rings is 1. The number of amides is 5. The van der Waals surface area contributed by atoms with Crippen molar-refractivity contribution in [3.05, 3.63) is 69.4 Å². The van der Waals surface area contributed by atoms with Crippen LogP contribution in [0.25, 0.3) is 11.0 Å². The third-order valence-corrected chi connectivity index (χ3v) is 21.9. The van der Waals surface area contributed by atoms with Gasteiger partial charge in [0.05, 0.1) is 34.3 Å². The van der Waals surface area contributed by atoms with Crippen LogP contribution in [-0.4, -0.2) is 128 Å². The predicted octanol–water partition coefficient (Wildman–Crippen LogP) is 3.07. The first-order chi connectivity index (χ1) is 42.8. The molecule has 0 spiro atoms. The number of carbonyl (C=O) groups is 5. The van der Waals surface area contributed by atoms with E-state index in [1.165, 1.54) is 23.9 Å². The van der Waals surface area contributed by atoms with Crippen LogP contribution in [0.2, 0.25) is 10.0 Å². The molecular weight excluding hydrogens is 1310 g/mol. The average molecular weight is 1400 g/mol. The quantitative estimate of drug-likeness (QED) is 0.0212. The molecule has 15 atom stereocenters. The van der Waals surface area contributed by atoms with Gasteiger partial charge in [0.2, 0.25) is 42.1 Å². The molecule has 1 radical (unpaired) electrons. The number of hydrogen-bond donors (Lipinski definition) is 12. The number of aliphatic hydroxyl groups is 2. The van der Waals surface area contributed by atoms with Crippen LogP contribution in [0.4, 0.5) is 0 Å². The summed E-state index contributed by atoms with van der Waals surface area (Å²) in [5.41, 5.74) is 23.0. The molecule has 0 aliphatic carbocycles. The van der Waals surface area contributed by atoms with E-state index in [0.717, 1.165) is 0 Å². The van der Waals surface area contributed by atoms with Crippen LogP contribution >= 0.6 is 31.0 Å². The number of imidazole rings is 1. The van der Waals surface area contributed by atoms with Crippen LogP contribution in [-0.2, 0) is 59.1 Å². The summed E-state index contributed by atoms with van der Waals surface area (Å²) in [6, 6.07) is 2.02. The molecular formula is C61H83Cl2CoN14O14P. The molecule has 1 aromatic carbocycles. The maximum absolute atomic E-state index is 14.3. The van der Waals surface area contributed by atoms with Crippen LogP contribution in [0, 0.1) is 68.0 Å². The zero-order valence-corrected chi connectivity index (χ0v) is 56.6. The van der Waals surface area contributed by atoms with Crippen molar-refractivity contribution in [2.75, 3.05) is 13.2 Å². The fourth-order valence-corrected chi connectivity index (χ4v) is 16.7. The number of carbonyl (C=O) groups excluding carboxylic acids is 5. The zero-order chi connectivity index (χ0) is 68.7. The molecule has 32 heteroatoms. The summed E-state index contributed by atoms with van der Waals surface area (Å²) in [7, 11) is -5.10. The van der Waals surface area contributed by atoms with Gasteiger partial charge in [-0.2, -0.15) is 4.57 Å². The van der Waals surface area contributed by atoms with E-state index in [9.17, 15) is 53.9 Å². The molecule has 2 saturated heterocycles. The molecule has 1 aromatic heterocycles. The van der Waals surface area contributed by atoms with Gasteiger partial charge in [0.15, 0.2) is 11.0 Å². The van der Waals surface area contributed by atoms with Gasteiger partial charge in [0.1, 0.15) is 18.3 Å². The SMILES string of the molecule is C/C1=C2N=C(/C=C3\N/C(=C(/C)C4=NC(C)(C5N=C1C(C)(CCC(=O)NCC(C)OP(=O)(O)OC1C(CO)OC([n+]6c[nH]c7cc(Cl)c(Cl)cc76)C1O)C5CC(N)=O)C(C)(CC(N)=O)C4CCC(N)=O)C(C)(CC(N)=O)C3CCC(=N)[O-])C(C)(C)C/2CCC(=N)[O-].[C-]#N.[Co+2]. The Bertz CT molecular complexity index is 3610. The molecule has 0 saturated carbocycles. The number of ether oxygens (including phenoxy) is 1. The first-order valence-electron chi connectivity index (χ1n) is 30.1. The number of H-pyrrole nitrogens is 1. The van der Waals surface area contributed by atoms with Crippen LogP contribution in [0.5, 0.6) is 0 Å². The van der Waals surface area contributed by atoms with Crippen molar-refractivity contribution in [1.29, 1.82) is 16.1 Å². The molecule has 8 rings (SSSR count). The monoisotopic (exact) mass is 1400 g/mol. The van der Waals surface area contributed by atoms with Crippen molar-refractivity contribution >= 4 is 101 Å². The molecule has 15 unspecified atom stereocenters. The van der Waals surface area contributed by atoms with E-state index >= 15 is 0 Å². The van der Waals surface area contributed by atoms with Gasteiger partial charge in [0.25, 0.3) is 0 Å².